The summed E-state index contributed by atoms with van der Waals surface area (Å²) in [6.45, 7) is -0.0147. The molecule has 0 atom stereocenters. The van der Waals surface area contributed by atoms with Crippen LogP contribution in [0.25, 0.3) is 11.1 Å². The molecule has 0 spiro atoms. The number of halogens is 1. The standard InChI is InChI=1S/C18H15FN2O4S2/c1-21(18(22)23)11-12-10-15(14-8-5-9-20-16(14)19)17(26-12)27(24,25)13-6-3-2-4-7-13/h2-10H,11H2,1H3,(H,22,23). The molecule has 0 radical (unpaired) electrons. The molecule has 2 heterocycles. The highest BCUT2D eigenvalue weighted by molar-refractivity contribution is 7.93. The van der Waals surface area contributed by atoms with Gasteiger partial charge in [-0.3, -0.25) is 0 Å². The van der Waals surface area contributed by atoms with Crippen LogP contribution in [0.5, 0.6) is 0 Å². The van der Waals surface area contributed by atoms with Crippen molar-refractivity contribution in [2.45, 2.75) is 15.6 Å². The lowest BCUT2D eigenvalue weighted by Crippen LogP contribution is -2.23. The zero-order valence-corrected chi connectivity index (χ0v) is 15.8. The number of pyridine rings is 1. The zero-order chi connectivity index (χ0) is 19.6. The zero-order valence-electron chi connectivity index (χ0n) is 14.2. The SMILES string of the molecule is CN(Cc1cc(-c2cccnc2F)c(S(=O)(=O)c2ccccc2)s1)C(=O)O. The average Bonchev–Trinajstić information content (AvgIpc) is 3.07. The van der Waals surface area contributed by atoms with Crippen molar-refractivity contribution in [3.8, 4) is 11.1 Å². The number of carbonyl (C=O) groups is 1. The van der Waals surface area contributed by atoms with E-state index in [4.69, 9.17) is 5.11 Å². The van der Waals surface area contributed by atoms with Gasteiger partial charge in [0.15, 0.2) is 0 Å². The van der Waals surface area contributed by atoms with E-state index < -0.39 is 21.9 Å². The van der Waals surface area contributed by atoms with Crippen molar-refractivity contribution >= 4 is 27.3 Å². The summed E-state index contributed by atoms with van der Waals surface area (Å²) in [6.07, 6.45) is 0.125. The maximum Gasteiger partial charge on any atom is 0.407 e. The van der Waals surface area contributed by atoms with Gasteiger partial charge in [0.05, 0.1) is 11.4 Å². The van der Waals surface area contributed by atoms with E-state index in [1.165, 1.54) is 43.6 Å². The molecule has 9 heteroatoms. The van der Waals surface area contributed by atoms with Gasteiger partial charge < -0.3 is 10.0 Å². The summed E-state index contributed by atoms with van der Waals surface area (Å²) < 4.78 is 40.4. The number of hydrogen-bond acceptors (Lipinski definition) is 5. The summed E-state index contributed by atoms with van der Waals surface area (Å²) in [7, 11) is -2.54. The Kier molecular flexibility index (Phi) is 5.24. The monoisotopic (exact) mass is 406 g/mol. The van der Waals surface area contributed by atoms with Crippen molar-refractivity contribution in [3.63, 3.8) is 0 Å². The molecule has 0 fully saturated rings. The number of thiophene rings is 1. The Hall–Kier alpha value is -2.78. The van der Waals surface area contributed by atoms with E-state index in [1.54, 1.807) is 18.2 Å². The third kappa shape index (κ3) is 3.83. The van der Waals surface area contributed by atoms with Gasteiger partial charge in [-0.25, -0.2) is 18.2 Å². The minimum atomic E-state index is -3.91. The molecule has 2 aromatic heterocycles. The first-order valence-corrected chi connectivity index (χ1v) is 10.1. The van der Waals surface area contributed by atoms with Crippen LogP contribution < -0.4 is 0 Å². The van der Waals surface area contributed by atoms with E-state index in [2.05, 4.69) is 4.98 Å². The van der Waals surface area contributed by atoms with Gasteiger partial charge in [0.1, 0.15) is 4.21 Å². The fraction of sp³-hybridized carbons (Fsp3) is 0.111. The van der Waals surface area contributed by atoms with Gasteiger partial charge in [0.2, 0.25) is 15.8 Å². The maximum atomic E-state index is 14.2. The molecule has 140 valence electrons. The molecule has 0 aliphatic carbocycles. The van der Waals surface area contributed by atoms with Gasteiger partial charge >= 0.3 is 6.09 Å². The molecule has 27 heavy (non-hydrogen) atoms. The number of nitrogens with zero attached hydrogens (tertiary/aromatic N) is 2. The summed E-state index contributed by atoms with van der Waals surface area (Å²) in [4.78, 5) is 16.2. The molecule has 0 aliphatic heterocycles. The van der Waals surface area contributed by atoms with E-state index >= 15 is 0 Å². The number of hydrogen-bond donors (Lipinski definition) is 1. The van der Waals surface area contributed by atoms with Crippen LogP contribution >= 0.6 is 11.3 Å². The van der Waals surface area contributed by atoms with Crippen LogP contribution in [0.1, 0.15) is 4.88 Å². The highest BCUT2D eigenvalue weighted by Gasteiger charge is 2.27. The molecule has 0 saturated heterocycles. The van der Waals surface area contributed by atoms with E-state index in [-0.39, 0.29) is 26.8 Å². The Labute approximate surface area is 159 Å². The third-order valence-electron chi connectivity index (χ3n) is 3.82. The smallest absolute Gasteiger partial charge is 0.407 e. The highest BCUT2D eigenvalue weighted by atomic mass is 32.2. The summed E-state index contributed by atoms with van der Waals surface area (Å²) >= 11 is 0.923. The van der Waals surface area contributed by atoms with Crippen molar-refractivity contribution in [2.75, 3.05) is 7.05 Å². The quantitative estimate of drug-likeness (QED) is 0.650. The molecule has 3 aromatic rings. The lowest BCUT2D eigenvalue weighted by atomic mass is 10.1. The lowest BCUT2D eigenvalue weighted by molar-refractivity contribution is 0.154. The molecule has 1 amide bonds. The van der Waals surface area contributed by atoms with Crippen LogP contribution in [0.2, 0.25) is 0 Å². The molecule has 0 unspecified atom stereocenters. The summed E-state index contributed by atoms with van der Waals surface area (Å²) in [5, 5.41) is 9.06. The van der Waals surface area contributed by atoms with Crippen molar-refractivity contribution in [2.24, 2.45) is 0 Å². The number of benzene rings is 1. The molecule has 1 N–H and O–H groups in total. The second-order valence-corrected chi connectivity index (χ2v) is 8.99. The molecule has 6 nitrogen and oxygen atoms in total. The topological polar surface area (TPSA) is 87.6 Å². The van der Waals surface area contributed by atoms with E-state index in [1.807, 2.05) is 0 Å². The predicted octanol–water partition coefficient (Wildman–Crippen LogP) is 3.89. The summed E-state index contributed by atoms with van der Waals surface area (Å²) in [5.41, 5.74) is 0.218. The number of sulfone groups is 1. The second kappa shape index (κ2) is 7.45. The van der Waals surface area contributed by atoms with Crippen LogP contribution in [0, 0.1) is 5.95 Å². The van der Waals surface area contributed by atoms with Crippen LogP contribution in [0.3, 0.4) is 0 Å². The number of rotatable bonds is 5. The van der Waals surface area contributed by atoms with Gasteiger partial charge in [-0.1, -0.05) is 18.2 Å². The Balaban J connectivity index is 2.18. The minimum Gasteiger partial charge on any atom is -0.465 e. The first-order chi connectivity index (χ1) is 12.8. The van der Waals surface area contributed by atoms with Crippen LogP contribution in [-0.4, -0.2) is 36.5 Å². The van der Waals surface area contributed by atoms with Crippen LogP contribution in [-0.2, 0) is 16.4 Å². The Morgan fingerprint density at radius 3 is 2.52 bits per heavy atom. The van der Waals surface area contributed by atoms with E-state index in [9.17, 15) is 17.6 Å². The maximum absolute atomic E-state index is 14.2. The van der Waals surface area contributed by atoms with Crippen LogP contribution in [0.15, 0.2) is 63.8 Å². The molecule has 3 rings (SSSR count). The number of carboxylic acid groups (broad SMARTS) is 1. The molecule has 0 bridgehead atoms. The van der Waals surface area contributed by atoms with Gasteiger partial charge in [0, 0.05) is 29.2 Å². The minimum absolute atomic E-state index is 0.0147. The van der Waals surface area contributed by atoms with Crippen molar-refractivity contribution in [1.29, 1.82) is 0 Å². The highest BCUT2D eigenvalue weighted by Crippen LogP contribution is 2.39. The van der Waals surface area contributed by atoms with E-state index in [0.717, 1.165) is 16.2 Å². The molecule has 0 saturated carbocycles. The number of amides is 1. The summed E-state index contributed by atoms with van der Waals surface area (Å²) in [5.74, 6) is -0.794. The van der Waals surface area contributed by atoms with Crippen molar-refractivity contribution in [3.05, 3.63) is 65.6 Å². The lowest BCUT2D eigenvalue weighted by Gasteiger charge is -2.10. The van der Waals surface area contributed by atoms with Gasteiger partial charge in [-0.15, -0.1) is 11.3 Å². The van der Waals surface area contributed by atoms with Gasteiger partial charge in [-0.05, 0) is 30.3 Å². The normalized spacial score (nSPS) is 11.3. The van der Waals surface area contributed by atoms with Crippen molar-refractivity contribution < 1.29 is 22.7 Å². The largest absolute Gasteiger partial charge is 0.465 e. The van der Waals surface area contributed by atoms with Gasteiger partial charge in [-0.2, -0.15) is 4.39 Å². The van der Waals surface area contributed by atoms with E-state index in [0.29, 0.717) is 4.88 Å². The molecule has 1 aromatic carbocycles. The predicted molar refractivity (Wildman–Crippen MR) is 98.9 cm³/mol. The fourth-order valence-corrected chi connectivity index (χ4v) is 5.67. The first-order valence-electron chi connectivity index (χ1n) is 7.78. The average molecular weight is 406 g/mol. The second-order valence-electron chi connectivity index (χ2n) is 5.71. The number of aromatic nitrogens is 1. The Morgan fingerprint density at radius 1 is 1.19 bits per heavy atom. The third-order valence-corrected chi connectivity index (χ3v) is 7.24. The first kappa shape index (κ1) is 19.0. The van der Waals surface area contributed by atoms with Crippen molar-refractivity contribution in [1.82, 2.24) is 9.88 Å². The molecule has 0 aliphatic rings. The van der Waals surface area contributed by atoms with Gasteiger partial charge in [0.25, 0.3) is 0 Å². The Morgan fingerprint density at radius 2 is 1.89 bits per heavy atom. The van der Waals surface area contributed by atoms with Crippen LogP contribution in [0.4, 0.5) is 9.18 Å². The fourth-order valence-electron chi connectivity index (χ4n) is 2.48. The molecular weight excluding hydrogens is 391 g/mol. The summed E-state index contributed by atoms with van der Waals surface area (Å²) in [6, 6.07) is 12.3. The Bertz CT molecular complexity index is 1080. The molecular formula is C18H15FN2O4S2.